The molecule has 170 valence electrons. The van der Waals surface area contributed by atoms with Gasteiger partial charge >= 0.3 is 0 Å². The predicted octanol–water partition coefficient (Wildman–Crippen LogP) is 3.09. The highest BCUT2D eigenvalue weighted by molar-refractivity contribution is 7.13. The number of aromatic nitrogens is 1. The van der Waals surface area contributed by atoms with Crippen molar-refractivity contribution in [3.05, 3.63) is 44.9 Å². The fraction of sp³-hybridized carbons (Fsp3) is 0.429. The van der Waals surface area contributed by atoms with Gasteiger partial charge in [-0.05, 0) is 31.0 Å². The lowest BCUT2D eigenvalue weighted by Gasteiger charge is -2.26. The van der Waals surface area contributed by atoms with Crippen molar-refractivity contribution in [1.29, 1.82) is 0 Å². The number of hydrogen-bond acceptors (Lipinski definition) is 6. The number of thiazole rings is 1. The number of nitrogens with zero attached hydrogens (tertiary/aromatic N) is 3. The summed E-state index contributed by atoms with van der Waals surface area (Å²) in [6.07, 6.45) is 1.86. The lowest BCUT2D eigenvalue weighted by Crippen LogP contribution is -2.41. The Morgan fingerprint density at radius 2 is 1.97 bits per heavy atom. The molecule has 0 radical (unpaired) electrons. The Bertz CT molecular complexity index is 1020. The summed E-state index contributed by atoms with van der Waals surface area (Å²) in [6.45, 7) is 2.14. The number of halogens is 2. The van der Waals surface area contributed by atoms with E-state index >= 15 is 0 Å². The Labute approximate surface area is 199 Å². The molecular weight excluding hydrogens is 475 g/mol. The van der Waals surface area contributed by atoms with E-state index in [2.05, 4.69) is 10.3 Å². The maximum atomic E-state index is 13.0. The first-order chi connectivity index (χ1) is 15.4. The molecular formula is C21H22Cl2N4O4S. The molecule has 11 heteroatoms. The van der Waals surface area contributed by atoms with Gasteiger partial charge in [-0.25, -0.2) is 4.98 Å². The van der Waals surface area contributed by atoms with E-state index in [-0.39, 0.29) is 41.8 Å². The number of morpholine rings is 1. The largest absolute Gasteiger partial charge is 0.378 e. The molecule has 3 amide bonds. The quantitative estimate of drug-likeness (QED) is 0.635. The first kappa shape index (κ1) is 23.0. The summed E-state index contributed by atoms with van der Waals surface area (Å²) in [5.74, 6) is -0.669. The van der Waals surface area contributed by atoms with Gasteiger partial charge in [0.15, 0.2) is 5.13 Å². The molecule has 1 aliphatic carbocycles. The number of carbonyl (C=O) groups is 3. The smallest absolute Gasteiger partial charge is 0.256 e. The summed E-state index contributed by atoms with van der Waals surface area (Å²) >= 11 is 13.3. The first-order valence-corrected chi connectivity index (χ1v) is 11.9. The molecule has 8 nitrogen and oxygen atoms in total. The van der Waals surface area contributed by atoms with Crippen LogP contribution in [0.25, 0.3) is 0 Å². The zero-order valence-electron chi connectivity index (χ0n) is 17.2. The second-order valence-electron chi connectivity index (χ2n) is 7.65. The lowest BCUT2D eigenvalue weighted by atomic mass is 10.2. The Morgan fingerprint density at radius 3 is 2.66 bits per heavy atom. The van der Waals surface area contributed by atoms with Gasteiger partial charge in [0.05, 0.1) is 35.9 Å². The van der Waals surface area contributed by atoms with Crippen molar-refractivity contribution < 1.29 is 19.1 Å². The van der Waals surface area contributed by atoms with Crippen molar-refractivity contribution in [2.24, 2.45) is 0 Å². The monoisotopic (exact) mass is 496 g/mol. The van der Waals surface area contributed by atoms with E-state index in [1.807, 2.05) is 0 Å². The van der Waals surface area contributed by atoms with Crippen LogP contribution in [0.1, 0.15) is 28.9 Å². The highest BCUT2D eigenvalue weighted by Crippen LogP contribution is 2.30. The van der Waals surface area contributed by atoms with E-state index in [1.54, 1.807) is 22.4 Å². The van der Waals surface area contributed by atoms with Gasteiger partial charge in [0.25, 0.3) is 5.91 Å². The molecule has 0 spiro atoms. The maximum absolute atomic E-state index is 13.0. The van der Waals surface area contributed by atoms with Gasteiger partial charge in [-0.1, -0.05) is 23.2 Å². The van der Waals surface area contributed by atoms with E-state index in [0.29, 0.717) is 47.7 Å². The molecule has 2 fully saturated rings. The van der Waals surface area contributed by atoms with Crippen LogP contribution in [0.4, 0.5) is 5.13 Å². The zero-order chi connectivity index (χ0) is 22.7. The summed E-state index contributed by atoms with van der Waals surface area (Å²) in [6, 6.07) is 4.69. The molecule has 1 N–H and O–H groups in total. The third kappa shape index (κ3) is 5.78. The second kappa shape index (κ2) is 10.2. The second-order valence-corrected chi connectivity index (χ2v) is 9.35. The first-order valence-electron chi connectivity index (χ1n) is 10.3. The summed E-state index contributed by atoms with van der Waals surface area (Å²) in [4.78, 5) is 45.6. The molecule has 0 unspecified atom stereocenters. The van der Waals surface area contributed by atoms with Crippen molar-refractivity contribution in [3.63, 3.8) is 0 Å². The van der Waals surface area contributed by atoms with Crippen molar-refractivity contribution in [1.82, 2.24) is 14.8 Å². The third-order valence-electron chi connectivity index (χ3n) is 5.22. The van der Waals surface area contributed by atoms with Crippen molar-refractivity contribution >= 4 is 57.4 Å². The Morgan fingerprint density at radius 1 is 1.22 bits per heavy atom. The van der Waals surface area contributed by atoms with Crippen molar-refractivity contribution in [2.45, 2.75) is 25.3 Å². The molecule has 1 aromatic carbocycles. The van der Waals surface area contributed by atoms with Gasteiger partial charge < -0.3 is 19.9 Å². The highest BCUT2D eigenvalue weighted by atomic mass is 35.5. The van der Waals surface area contributed by atoms with Crippen LogP contribution in [0, 0.1) is 0 Å². The van der Waals surface area contributed by atoms with Crippen LogP contribution in [0.2, 0.25) is 10.0 Å². The minimum Gasteiger partial charge on any atom is -0.378 e. The summed E-state index contributed by atoms with van der Waals surface area (Å²) in [7, 11) is 0. The van der Waals surface area contributed by atoms with Crippen LogP contribution in [0.15, 0.2) is 23.6 Å². The van der Waals surface area contributed by atoms with Crippen LogP contribution in [0.3, 0.4) is 0 Å². The number of amides is 3. The van der Waals surface area contributed by atoms with E-state index < -0.39 is 0 Å². The van der Waals surface area contributed by atoms with Gasteiger partial charge in [-0.3, -0.25) is 14.4 Å². The van der Waals surface area contributed by atoms with E-state index in [4.69, 9.17) is 27.9 Å². The number of nitrogens with one attached hydrogen (secondary N) is 1. The van der Waals surface area contributed by atoms with Gasteiger partial charge in [-0.2, -0.15) is 0 Å². The minimum absolute atomic E-state index is 0.0120. The Balaban J connectivity index is 1.35. The Hall–Kier alpha value is -2.20. The van der Waals surface area contributed by atoms with Crippen LogP contribution in [-0.2, 0) is 20.7 Å². The molecule has 4 rings (SSSR count). The fourth-order valence-corrected chi connectivity index (χ4v) is 4.62. The molecule has 0 bridgehead atoms. The zero-order valence-corrected chi connectivity index (χ0v) is 19.5. The maximum Gasteiger partial charge on any atom is 0.256 e. The molecule has 2 aliphatic rings. The molecule has 2 heterocycles. The Kier molecular flexibility index (Phi) is 7.30. The summed E-state index contributed by atoms with van der Waals surface area (Å²) in [5.41, 5.74) is 0.916. The number of carbonyl (C=O) groups excluding carboxylic acids is 3. The number of anilines is 1. The topological polar surface area (TPSA) is 91.8 Å². The van der Waals surface area contributed by atoms with Crippen LogP contribution in [-0.4, -0.2) is 71.4 Å². The van der Waals surface area contributed by atoms with Crippen LogP contribution >= 0.6 is 34.5 Å². The molecule has 2 aromatic rings. The minimum atomic E-state index is -0.351. The fourth-order valence-electron chi connectivity index (χ4n) is 3.41. The molecule has 1 aliphatic heterocycles. The molecule has 1 saturated heterocycles. The SMILES string of the molecule is O=C(CN(C(=O)c1ccc(Cl)cc1Cl)C1CC1)Nc1nc(CC(=O)N2CCOCC2)cs1. The van der Waals surface area contributed by atoms with Gasteiger partial charge in [0, 0.05) is 29.5 Å². The molecule has 1 saturated carbocycles. The molecule has 0 atom stereocenters. The predicted molar refractivity (Wildman–Crippen MR) is 122 cm³/mol. The summed E-state index contributed by atoms with van der Waals surface area (Å²) in [5, 5.41) is 5.58. The molecule has 32 heavy (non-hydrogen) atoms. The average Bonchev–Trinajstić information content (AvgIpc) is 3.52. The average molecular weight is 497 g/mol. The third-order valence-corrected chi connectivity index (χ3v) is 6.57. The normalized spacial score (nSPS) is 16.0. The lowest BCUT2D eigenvalue weighted by molar-refractivity contribution is -0.134. The van der Waals surface area contributed by atoms with E-state index in [0.717, 1.165) is 12.8 Å². The number of rotatable bonds is 7. The standard InChI is InChI=1S/C21H22Cl2N4O4S/c22-13-1-4-16(17(23)9-13)20(30)27(15-2-3-15)11-18(28)25-21-24-14(12-32-21)10-19(29)26-5-7-31-8-6-26/h1,4,9,12,15H,2-3,5-8,10-11H2,(H,24,25,28). The highest BCUT2D eigenvalue weighted by Gasteiger charge is 2.35. The number of ether oxygens (including phenoxy) is 1. The van der Waals surface area contributed by atoms with Gasteiger partial charge in [0.2, 0.25) is 11.8 Å². The van der Waals surface area contributed by atoms with E-state index in [1.165, 1.54) is 22.3 Å². The summed E-state index contributed by atoms with van der Waals surface area (Å²) < 4.78 is 5.26. The van der Waals surface area contributed by atoms with Crippen LogP contribution < -0.4 is 5.32 Å². The van der Waals surface area contributed by atoms with E-state index in [9.17, 15) is 14.4 Å². The van der Waals surface area contributed by atoms with Crippen molar-refractivity contribution in [3.8, 4) is 0 Å². The van der Waals surface area contributed by atoms with Gasteiger partial charge in [0.1, 0.15) is 6.54 Å². The number of benzene rings is 1. The molecule has 1 aromatic heterocycles. The number of hydrogen-bond donors (Lipinski definition) is 1. The van der Waals surface area contributed by atoms with Crippen molar-refractivity contribution in [2.75, 3.05) is 38.2 Å². The van der Waals surface area contributed by atoms with Gasteiger partial charge in [-0.15, -0.1) is 11.3 Å². The van der Waals surface area contributed by atoms with Crippen LogP contribution in [0.5, 0.6) is 0 Å².